The first kappa shape index (κ1) is 11.3. The predicted molar refractivity (Wildman–Crippen MR) is 55.9 cm³/mol. The summed E-state index contributed by atoms with van der Waals surface area (Å²) >= 11 is 0. The second-order valence-corrected chi connectivity index (χ2v) is 3.22. The van der Waals surface area contributed by atoms with Crippen molar-refractivity contribution in [2.24, 2.45) is 5.92 Å². The summed E-state index contributed by atoms with van der Waals surface area (Å²) in [6.45, 7) is 6.48. The molecule has 0 saturated carbocycles. The number of allylic oxidation sites excluding steroid dienone is 2. The summed E-state index contributed by atoms with van der Waals surface area (Å²) in [5.41, 5.74) is 0. The van der Waals surface area contributed by atoms with Crippen molar-refractivity contribution in [3.05, 3.63) is 12.2 Å². The van der Waals surface area contributed by atoms with Crippen molar-refractivity contribution in [3.63, 3.8) is 0 Å². The van der Waals surface area contributed by atoms with Gasteiger partial charge in [0.25, 0.3) is 0 Å². The molecule has 0 aliphatic heterocycles. The highest BCUT2D eigenvalue weighted by Gasteiger charge is 1.94. The van der Waals surface area contributed by atoms with Crippen molar-refractivity contribution in [1.29, 1.82) is 0 Å². The lowest BCUT2D eigenvalue weighted by Gasteiger charge is -2.01. The predicted octanol–water partition coefficient (Wildman–Crippen LogP) is 3.78. The van der Waals surface area contributed by atoms with Crippen molar-refractivity contribution in [3.8, 4) is 11.8 Å². The third kappa shape index (κ3) is 7.41. The molecular weight excluding hydrogens is 144 g/mol. The minimum Gasteiger partial charge on any atom is -0.103 e. The molecule has 0 saturated heterocycles. The quantitative estimate of drug-likeness (QED) is 0.438. The van der Waals surface area contributed by atoms with Crippen molar-refractivity contribution in [1.82, 2.24) is 0 Å². The highest BCUT2D eigenvalue weighted by molar-refractivity contribution is 4.99. The Morgan fingerprint density at radius 2 is 2.08 bits per heavy atom. The third-order valence-corrected chi connectivity index (χ3v) is 1.72. The summed E-state index contributed by atoms with van der Waals surface area (Å²) in [5, 5.41) is 0. The number of hydrogen-bond donors (Lipinski definition) is 0. The smallest absolute Gasteiger partial charge is 0.0117 e. The topological polar surface area (TPSA) is 0 Å². The van der Waals surface area contributed by atoms with Crippen LogP contribution in [0.5, 0.6) is 0 Å². The first-order valence-electron chi connectivity index (χ1n) is 4.88. The van der Waals surface area contributed by atoms with E-state index in [1.54, 1.807) is 0 Å². The van der Waals surface area contributed by atoms with E-state index in [0.29, 0.717) is 5.92 Å². The Labute approximate surface area is 77.1 Å². The molecule has 0 aromatic carbocycles. The molecule has 0 heterocycles. The summed E-state index contributed by atoms with van der Waals surface area (Å²) in [7, 11) is 0. The zero-order valence-corrected chi connectivity index (χ0v) is 8.56. The SMILES string of the molecule is C/C=C/CC(C)CC#CCCC. The van der Waals surface area contributed by atoms with Gasteiger partial charge in [-0.15, -0.1) is 11.8 Å². The number of rotatable bonds is 4. The van der Waals surface area contributed by atoms with Gasteiger partial charge in [0, 0.05) is 12.8 Å². The van der Waals surface area contributed by atoms with Gasteiger partial charge in [0.05, 0.1) is 0 Å². The minimum atomic E-state index is 0.713. The molecule has 0 aliphatic carbocycles. The van der Waals surface area contributed by atoms with E-state index in [2.05, 4.69) is 44.8 Å². The molecule has 0 bridgehead atoms. The van der Waals surface area contributed by atoms with Crippen LogP contribution in [0.1, 0.15) is 46.5 Å². The molecule has 0 nitrogen and oxygen atoms in total. The van der Waals surface area contributed by atoms with Crippen LogP contribution in [0, 0.1) is 17.8 Å². The zero-order valence-electron chi connectivity index (χ0n) is 8.56. The van der Waals surface area contributed by atoms with Crippen LogP contribution < -0.4 is 0 Å². The first-order chi connectivity index (χ1) is 5.81. The normalized spacial score (nSPS) is 12.6. The molecule has 0 aromatic heterocycles. The van der Waals surface area contributed by atoms with Crippen LogP contribution in [-0.2, 0) is 0 Å². The van der Waals surface area contributed by atoms with Crippen molar-refractivity contribution in [2.45, 2.75) is 46.5 Å². The Balaban J connectivity index is 3.44. The Morgan fingerprint density at radius 3 is 2.67 bits per heavy atom. The largest absolute Gasteiger partial charge is 0.103 e. The maximum absolute atomic E-state index is 3.21. The van der Waals surface area contributed by atoms with Gasteiger partial charge in [-0.3, -0.25) is 0 Å². The molecule has 68 valence electrons. The van der Waals surface area contributed by atoms with Gasteiger partial charge in [0.15, 0.2) is 0 Å². The molecule has 0 rings (SSSR count). The molecule has 12 heavy (non-hydrogen) atoms. The van der Waals surface area contributed by atoms with Crippen LogP contribution in [0.15, 0.2) is 12.2 Å². The van der Waals surface area contributed by atoms with Crippen LogP contribution in [0.2, 0.25) is 0 Å². The highest BCUT2D eigenvalue weighted by atomic mass is 14.0. The van der Waals surface area contributed by atoms with Gasteiger partial charge in [-0.05, 0) is 25.7 Å². The van der Waals surface area contributed by atoms with Crippen LogP contribution in [0.3, 0.4) is 0 Å². The van der Waals surface area contributed by atoms with E-state index in [4.69, 9.17) is 0 Å². The summed E-state index contributed by atoms with van der Waals surface area (Å²) in [4.78, 5) is 0. The van der Waals surface area contributed by atoms with E-state index in [1.165, 1.54) is 6.42 Å². The van der Waals surface area contributed by atoms with E-state index >= 15 is 0 Å². The Hall–Kier alpha value is -0.700. The fraction of sp³-hybridized carbons (Fsp3) is 0.667. The van der Waals surface area contributed by atoms with Crippen LogP contribution in [-0.4, -0.2) is 0 Å². The van der Waals surface area contributed by atoms with Gasteiger partial charge >= 0.3 is 0 Å². The highest BCUT2D eigenvalue weighted by Crippen LogP contribution is 2.06. The van der Waals surface area contributed by atoms with Gasteiger partial charge in [-0.1, -0.05) is 26.0 Å². The standard InChI is InChI=1S/C12H20/c1-4-6-8-9-11-12(3)10-7-5-2/h5,7,12H,4,6,10-11H2,1-3H3/b7-5+. The molecule has 0 radical (unpaired) electrons. The lowest BCUT2D eigenvalue weighted by atomic mass is 10.0. The van der Waals surface area contributed by atoms with Crippen molar-refractivity contribution < 1.29 is 0 Å². The van der Waals surface area contributed by atoms with Crippen molar-refractivity contribution >= 4 is 0 Å². The van der Waals surface area contributed by atoms with E-state index in [1.807, 2.05) is 0 Å². The molecule has 0 spiro atoms. The lowest BCUT2D eigenvalue weighted by Crippen LogP contribution is -1.89. The van der Waals surface area contributed by atoms with Gasteiger partial charge < -0.3 is 0 Å². The summed E-state index contributed by atoms with van der Waals surface area (Å²) in [6.07, 6.45) is 8.76. The van der Waals surface area contributed by atoms with Crippen LogP contribution in [0.4, 0.5) is 0 Å². The molecule has 0 aliphatic rings. The van der Waals surface area contributed by atoms with Gasteiger partial charge in [0.1, 0.15) is 0 Å². The second-order valence-electron chi connectivity index (χ2n) is 3.22. The van der Waals surface area contributed by atoms with Gasteiger partial charge in [0.2, 0.25) is 0 Å². The fourth-order valence-electron chi connectivity index (χ4n) is 0.912. The third-order valence-electron chi connectivity index (χ3n) is 1.72. The first-order valence-corrected chi connectivity index (χ1v) is 4.88. The Morgan fingerprint density at radius 1 is 1.33 bits per heavy atom. The van der Waals surface area contributed by atoms with E-state index in [-0.39, 0.29) is 0 Å². The van der Waals surface area contributed by atoms with E-state index in [9.17, 15) is 0 Å². The molecule has 0 aromatic rings. The average Bonchev–Trinajstić information content (AvgIpc) is 2.09. The molecule has 1 atom stereocenters. The van der Waals surface area contributed by atoms with Crippen LogP contribution in [0.25, 0.3) is 0 Å². The summed E-state index contributed by atoms with van der Waals surface area (Å²) < 4.78 is 0. The number of hydrogen-bond acceptors (Lipinski definition) is 0. The summed E-state index contributed by atoms with van der Waals surface area (Å²) in [5.74, 6) is 7.09. The monoisotopic (exact) mass is 164 g/mol. The maximum atomic E-state index is 3.21. The maximum Gasteiger partial charge on any atom is 0.0117 e. The van der Waals surface area contributed by atoms with Gasteiger partial charge in [-0.2, -0.15) is 0 Å². The molecule has 0 fully saturated rings. The average molecular weight is 164 g/mol. The molecule has 1 unspecified atom stereocenters. The zero-order chi connectivity index (χ0) is 9.23. The molecule has 0 N–H and O–H groups in total. The van der Waals surface area contributed by atoms with E-state index in [0.717, 1.165) is 19.3 Å². The van der Waals surface area contributed by atoms with Crippen LogP contribution >= 0.6 is 0 Å². The Bertz CT molecular complexity index is 166. The fourth-order valence-corrected chi connectivity index (χ4v) is 0.912. The lowest BCUT2D eigenvalue weighted by molar-refractivity contribution is 0.612. The molecule has 0 amide bonds. The van der Waals surface area contributed by atoms with E-state index < -0.39 is 0 Å². The molecular formula is C12H20. The summed E-state index contributed by atoms with van der Waals surface area (Å²) in [6, 6.07) is 0. The second kappa shape index (κ2) is 8.40. The Kier molecular flexibility index (Phi) is 7.91. The molecule has 0 heteroatoms. The van der Waals surface area contributed by atoms with Crippen molar-refractivity contribution in [2.75, 3.05) is 0 Å². The minimum absolute atomic E-state index is 0.713. The van der Waals surface area contributed by atoms with Gasteiger partial charge in [-0.25, -0.2) is 0 Å². The number of unbranched alkanes of at least 4 members (excludes halogenated alkanes) is 1.